The van der Waals surface area contributed by atoms with E-state index < -0.39 is 0 Å². The monoisotopic (exact) mass is 265 g/mol. The quantitative estimate of drug-likeness (QED) is 0.896. The zero-order valence-electron chi connectivity index (χ0n) is 11.4. The van der Waals surface area contributed by atoms with E-state index in [4.69, 9.17) is 5.26 Å². The molecule has 0 saturated carbocycles. The fourth-order valence-corrected chi connectivity index (χ4v) is 1.96. The molecule has 0 bridgehead atoms. The van der Waals surface area contributed by atoms with Crippen LogP contribution >= 0.6 is 0 Å². The third-order valence-corrected chi connectivity index (χ3v) is 3.01. The molecule has 0 radical (unpaired) electrons. The molecule has 0 aromatic heterocycles. The zero-order chi connectivity index (χ0) is 14.5. The Bertz CT molecular complexity index is 686. The van der Waals surface area contributed by atoms with E-state index in [-0.39, 0.29) is 5.91 Å². The summed E-state index contributed by atoms with van der Waals surface area (Å²) in [7, 11) is 1.84. The first-order chi connectivity index (χ1) is 9.63. The highest BCUT2D eigenvalue weighted by molar-refractivity contribution is 6.04. The molecule has 2 rings (SSSR count). The lowest BCUT2D eigenvalue weighted by Crippen LogP contribution is -2.12. The van der Waals surface area contributed by atoms with Crippen LogP contribution < -0.4 is 10.6 Å². The molecule has 0 aliphatic heterocycles. The smallest absolute Gasteiger partial charge is 0.255 e. The maximum atomic E-state index is 12.2. The number of carbonyl (C=O) groups is 1. The van der Waals surface area contributed by atoms with Gasteiger partial charge in [-0.3, -0.25) is 4.79 Å². The Morgan fingerprint density at radius 2 is 2.00 bits per heavy atom. The average molecular weight is 265 g/mol. The van der Waals surface area contributed by atoms with Gasteiger partial charge in [-0.2, -0.15) is 5.26 Å². The molecule has 4 nitrogen and oxygen atoms in total. The number of nitrogens with zero attached hydrogens (tertiary/aromatic N) is 1. The van der Waals surface area contributed by atoms with Crippen molar-refractivity contribution in [2.75, 3.05) is 17.7 Å². The zero-order valence-corrected chi connectivity index (χ0v) is 11.4. The molecule has 2 aromatic carbocycles. The number of hydrogen-bond acceptors (Lipinski definition) is 3. The molecule has 2 aromatic rings. The number of hydrogen-bond donors (Lipinski definition) is 2. The van der Waals surface area contributed by atoms with Crippen molar-refractivity contribution in [3.05, 3.63) is 59.2 Å². The van der Waals surface area contributed by atoms with Gasteiger partial charge in [-0.25, -0.2) is 0 Å². The minimum absolute atomic E-state index is 0.189. The minimum atomic E-state index is -0.189. The number of anilines is 2. The molecule has 20 heavy (non-hydrogen) atoms. The summed E-state index contributed by atoms with van der Waals surface area (Å²) in [5.41, 5.74) is 3.72. The van der Waals surface area contributed by atoms with E-state index in [1.807, 2.05) is 32.2 Å². The number of amides is 1. The predicted molar refractivity (Wildman–Crippen MR) is 79.8 cm³/mol. The SMILES string of the molecule is CNc1ccc(C(=O)Nc2cccc(C#N)c2)cc1C. The van der Waals surface area contributed by atoms with E-state index in [1.54, 1.807) is 30.3 Å². The summed E-state index contributed by atoms with van der Waals surface area (Å²) < 4.78 is 0. The van der Waals surface area contributed by atoms with Gasteiger partial charge >= 0.3 is 0 Å². The second-order valence-corrected chi connectivity index (χ2v) is 4.43. The fraction of sp³-hybridized carbons (Fsp3) is 0.125. The second-order valence-electron chi connectivity index (χ2n) is 4.43. The van der Waals surface area contributed by atoms with Crippen LogP contribution in [0.15, 0.2) is 42.5 Å². The van der Waals surface area contributed by atoms with Crippen LogP contribution in [0.25, 0.3) is 0 Å². The van der Waals surface area contributed by atoms with Crippen LogP contribution in [0.5, 0.6) is 0 Å². The van der Waals surface area contributed by atoms with Crippen LogP contribution in [-0.4, -0.2) is 13.0 Å². The molecular weight excluding hydrogens is 250 g/mol. The number of aryl methyl sites for hydroxylation is 1. The molecule has 0 aliphatic carbocycles. The molecule has 2 N–H and O–H groups in total. The Kier molecular flexibility index (Phi) is 4.02. The van der Waals surface area contributed by atoms with E-state index >= 15 is 0 Å². The first-order valence-corrected chi connectivity index (χ1v) is 6.24. The highest BCUT2D eigenvalue weighted by Crippen LogP contribution is 2.17. The van der Waals surface area contributed by atoms with Gasteiger partial charge in [0.15, 0.2) is 0 Å². The van der Waals surface area contributed by atoms with Crippen LogP contribution in [0.1, 0.15) is 21.5 Å². The van der Waals surface area contributed by atoms with Crippen LogP contribution in [-0.2, 0) is 0 Å². The number of carbonyl (C=O) groups excluding carboxylic acids is 1. The molecule has 0 heterocycles. The maximum Gasteiger partial charge on any atom is 0.255 e. The van der Waals surface area contributed by atoms with E-state index in [0.717, 1.165) is 11.3 Å². The molecule has 0 spiro atoms. The summed E-state index contributed by atoms with van der Waals surface area (Å²) >= 11 is 0. The van der Waals surface area contributed by atoms with Gasteiger partial charge in [0.1, 0.15) is 0 Å². The van der Waals surface area contributed by atoms with Crippen molar-refractivity contribution >= 4 is 17.3 Å². The van der Waals surface area contributed by atoms with E-state index in [2.05, 4.69) is 10.6 Å². The molecule has 0 aliphatic rings. The summed E-state index contributed by atoms with van der Waals surface area (Å²) in [6.45, 7) is 1.94. The minimum Gasteiger partial charge on any atom is -0.388 e. The van der Waals surface area contributed by atoms with Gasteiger partial charge in [-0.15, -0.1) is 0 Å². The van der Waals surface area contributed by atoms with Crippen LogP contribution in [0.4, 0.5) is 11.4 Å². The Hall–Kier alpha value is -2.80. The van der Waals surface area contributed by atoms with E-state index in [0.29, 0.717) is 16.8 Å². The molecule has 0 saturated heterocycles. The van der Waals surface area contributed by atoms with Gasteiger partial charge in [0, 0.05) is 24.0 Å². The molecule has 1 amide bonds. The van der Waals surface area contributed by atoms with Gasteiger partial charge in [0.05, 0.1) is 11.6 Å². The van der Waals surface area contributed by atoms with Crippen molar-refractivity contribution in [3.63, 3.8) is 0 Å². The Balaban J connectivity index is 2.19. The van der Waals surface area contributed by atoms with Gasteiger partial charge in [-0.1, -0.05) is 6.07 Å². The first-order valence-electron chi connectivity index (χ1n) is 6.24. The van der Waals surface area contributed by atoms with Crippen molar-refractivity contribution in [1.82, 2.24) is 0 Å². The summed E-state index contributed by atoms with van der Waals surface area (Å²) in [6.07, 6.45) is 0. The van der Waals surface area contributed by atoms with E-state index in [1.165, 1.54) is 0 Å². The van der Waals surface area contributed by atoms with Crippen molar-refractivity contribution in [3.8, 4) is 6.07 Å². The summed E-state index contributed by atoms with van der Waals surface area (Å²) in [5.74, 6) is -0.189. The van der Waals surface area contributed by atoms with Crippen LogP contribution in [0, 0.1) is 18.3 Å². The largest absolute Gasteiger partial charge is 0.388 e. The predicted octanol–water partition coefficient (Wildman–Crippen LogP) is 3.16. The fourth-order valence-electron chi connectivity index (χ4n) is 1.96. The lowest BCUT2D eigenvalue weighted by atomic mass is 10.1. The van der Waals surface area contributed by atoms with Crippen molar-refractivity contribution < 1.29 is 4.79 Å². The second kappa shape index (κ2) is 5.89. The van der Waals surface area contributed by atoms with Crippen molar-refractivity contribution in [1.29, 1.82) is 5.26 Å². The molecular formula is C16H15N3O. The molecule has 0 atom stereocenters. The topological polar surface area (TPSA) is 64.9 Å². The number of nitrogens with one attached hydrogen (secondary N) is 2. The van der Waals surface area contributed by atoms with Gasteiger partial charge in [0.2, 0.25) is 0 Å². The van der Waals surface area contributed by atoms with Gasteiger partial charge < -0.3 is 10.6 Å². The van der Waals surface area contributed by atoms with Gasteiger partial charge in [0.25, 0.3) is 5.91 Å². The standard InChI is InChI=1S/C16H15N3O/c1-11-8-13(6-7-15(11)18-2)16(20)19-14-5-3-4-12(9-14)10-17/h3-9,18H,1-2H3,(H,19,20). The highest BCUT2D eigenvalue weighted by Gasteiger charge is 2.08. The summed E-state index contributed by atoms with van der Waals surface area (Å²) in [5, 5.41) is 14.7. The lowest BCUT2D eigenvalue weighted by Gasteiger charge is -2.09. The molecule has 4 heteroatoms. The Labute approximate surface area is 118 Å². The number of nitriles is 1. The third kappa shape index (κ3) is 2.96. The highest BCUT2D eigenvalue weighted by atomic mass is 16.1. The lowest BCUT2D eigenvalue weighted by molar-refractivity contribution is 0.102. The Morgan fingerprint density at radius 1 is 1.20 bits per heavy atom. The first kappa shape index (κ1) is 13.6. The maximum absolute atomic E-state index is 12.2. The third-order valence-electron chi connectivity index (χ3n) is 3.01. The molecule has 100 valence electrons. The molecule has 0 unspecified atom stereocenters. The van der Waals surface area contributed by atoms with Crippen LogP contribution in [0.3, 0.4) is 0 Å². The normalized spacial score (nSPS) is 9.65. The summed E-state index contributed by atoms with van der Waals surface area (Å²) in [6, 6.07) is 14.3. The van der Waals surface area contributed by atoms with Crippen LogP contribution in [0.2, 0.25) is 0 Å². The Morgan fingerprint density at radius 3 is 2.65 bits per heavy atom. The van der Waals surface area contributed by atoms with Crippen molar-refractivity contribution in [2.45, 2.75) is 6.92 Å². The van der Waals surface area contributed by atoms with Gasteiger partial charge in [-0.05, 0) is 48.9 Å². The number of rotatable bonds is 3. The summed E-state index contributed by atoms with van der Waals surface area (Å²) in [4.78, 5) is 12.2. The van der Waals surface area contributed by atoms with Crippen molar-refractivity contribution in [2.24, 2.45) is 0 Å². The average Bonchev–Trinajstić information content (AvgIpc) is 2.47. The van der Waals surface area contributed by atoms with E-state index in [9.17, 15) is 4.79 Å². The molecule has 0 fully saturated rings. The number of benzene rings is 2.